The van der Waals surface area contributed by atoms with Crippen molar-refractivity contribution in [2.45, 2.75) is 13.8 Å². The van der Waals surface area contributed by atoms with Gasteiger partial charge in [0.25, 0.3) is 5.91 Å². The smallest absolute Gasteiger partial charge is 0.258 e. The standard InChI is InChI=1S/C18H16ClN3O2/c1-10-16(14-7-4-8-15(19)17(14)20-10)18(24)22-13-6-3-5-12(9-13)21-11(2)23/h3-9,20H,1-2H3,(H,21,23)(H,22,24). The minimum atomic E-state index is -0.235. The second-order valence-corrected chi connectivity index (χ2v) is 5.91. The number of benzene rings is 2. The van der Waals surface area contributed by atoms with Gasteiger partial charge in [-0.25, -0.2) is 0 Å². The zero-order valence-corrected chi connectivity index (χ0v) is 14.0. The number of carbonyl (C=O) groups excluding carboxylic acids is 2. The fourth-order valence-electron chi connectivity index (χ4n) is 2.68. The molecule has 2 amide bonds. The normalized spacial score (nSPS) is 10.6. The molecule has 24 heavy (non-hydrogen) atoms. The largest absolute Gasteiger partial charge is 0.357 e. The molecule has 0 saturated carbocycles. The molecule has 0 radical (unpaired) electrons. The topological polar surface area (TPSA) is 74.0 Å². The van der Waals surface area contributed by atoms with Gasteiger partial charge in [0.2, 0.25) is 5.91 Å². The number of rotatable bonds is 3. The molecule has 122 valence electrons. The Hall–Kier alpha value is -2.79. The van der Waals surface area contributed by atoms with Crippen molar-refractivity contribution in [3.05, 3.63) is 58.7 Å². The Morgan fingerprint density at radius 3 is 2.42 bits per heavy atom. The molecule has 0 aliphatic heterocycles. The molecule has 0 spiro atoms. The summed E-state index contributed by atoms with van der Waals surface area (Å²) in [5.74, 6) is -0.401. The van der Waals surface area contributed by atoms with Crippen LogP contribution < -0.4 is 10.6 Å². The molecule has 0 aliphatic rings. The van der Waals surface area contributed by atoms with Gasteiger partial charge in [0.1, 0.15) is 0 Å². The van der Waals surface area contributed by atoms with Gasteiger partial charge in [-0.1, -0.05) is 29.8 Å². The average Bonchev–Trinajstić information content (AvgIpc) is 2.84. The first-order valence-corrected chi connectivity index (χ1v) is 7.79. The summed E-state index contributed by atoms with van der Waals surface area (Å²) >= 11 is 6.17. The molecule has 0 saturated heterocycles. The lowest BCUT2D eigenvalue weighted by Gasteiger charge is -2.08. The number of para-hydroxylation sites is 1. The van der Waals surface area contributed by atoms with Crippen LogP contribution in [0, 0.1) is 6.92 Å². The van der Waals surface area contributed by atoms with Crippen LogP contribution in [0.1, 0.15) is 23.0 Å². The highest BCUT2D eigenvalue weighted by atomic mass is 35.5. The summed E-state index contributed by atoms with van der Waals surface area (Å²) in [5.41, 5.74) is 3.26. The lowest BCUT2D eigenvalue weighted by Crippen LogP contribution is -2.13. The van der Waals surface area contributed by atoms with Crippen LogP contribution in [0.4, 0.5) is 11.4 Å². The van der Waals surface area contributed by atoms with Crippen molar-refractivity contribution >= 4 is 45.7 Å². The molecule has 5 nitrogen and oxygen atoms in total. The van der Waals surface area contributed by atoms with E-state index < -0.39 is 0 Å². The van der Waals surface area contributed by atoms with Gasteiger partial charge in [-0.05, 0) is 31.2 Å². The number of aromatic amines is 1. The van der Waals surface area contributed by atoms with Gasteiger partial charge in [0.05, 0.1) is 16.1 Å². The van der Waals surface area contributed by atoms with Crippen LogP contribution >= 0.6 is 11.6 Å². The number of hydrogen-bond acceptors (Lipinski definition) is 2. The fourth-order valence-corrected chi connectivity index (χ4v) is 2.90. The molecule has 0 fully saturated rings. The molecular weight excluding hydrogens is 326 g/mol. The monoisotopic (exact) mass is 341 g/mol. The Kier molecular flexibility index (Phi) is 4.27. The Morgan fingerprint density at radius 2 is 1.71 bits per heavy atom. The highest BCUT2D eigenvalue weighted by Gasteiger charge is 2.17. The van der Waals surface area contributed by atoms with E-state index in [4.69, 9.17) is 11.6 Å². The van der Waals surface area contributed by atoms with Gasteiger partial charge >= 0.3 is 0 Å². The third-order valence-corrected chi connectivity index (χ3v) is 3.95. The highest BCUT2D eigenvalue weighted by molar-refractivity contribution is 6.35. The van der Waals surface area contributed by atoms with Crippen molar-refractivity contribution in [2.75, 3.05) is 10.6 Å². The zero-order chi connectivity index (χ0) is 17.3. The van der Waals surface area contributed by atoms with E-state index in [1.54, 1.807) is 30.3 Å². The summed E-state index contributed by atoms with van der Waals surface area (Å²) in [6.45, 7) is 3.27. The van der Waals surface area contributed by atoms with Gasteiger partial charge < -0.3 is 15.6 Å². The second kappa shape index (κ2) is 6.37. The van der Waals surface area contributed by atoms with E-state index in [1.807, 2.05) is 19.1 Å². The summed E-state index contributed by atoms with van der Waals surface area (Å²) in [6.07, 6.45) is 0. The number of H-pyrrole nitrogens is 1. The number of carbonyl (C=O) groups is 2. The second-order valence-electron chi connectivity index (χ2n) is 5.50. The summed E-state index contributed by atoms with van der Waals surface area (Å²) < 4.78 is 0. The van der Waals surface area contributed by atoms with E-state index in [2.05, 4.69) is 15.6 Å². The number of fused-ring (bicyclic) bond motifs is 1. The van der Waals surface area contributed by atoms with Crippen molar-refractivity contribution in [3.8, 4) is 0 Å². The predicted molar refractivity (Wildman–Crippen MR) is 96.7 cm³/mol. The van der Waals surface area contributed by atoms with Crippen LogP contribution in [-0.4, -0.2) is 16.8 Å². The van der Waals surface area contributed by atoms with Crippen LogP contribution in [0.3, 0.4) is 0 Å². The van der Waals surface area contributed by atoms with Crippen LogP contribution in [0.15, 0.2) is 42.5 Å². The van der Waals surface area contributed by atoms with E-state index >= 15 is 0 Å². The van der Waals surface area contributed by atoms with E-state index in [0.717, 1.165) is 16.6 Å². The number of halogens is 1. The quantitative estimate of drug-likeness (QED) is 0.663. The van der Waals surface area contributed by atoms with Crippen molar-refractivity contribution in [1.82, 2.24) is 4.98 Å². The molecule has 6 heteroatoms. The van der Waals surface area contributed by atoms with Gasteiger partial charge in [0.15, 0.2) is 0 Å². The Balaban J connectivity index is 1.92. The maximum Gasteiger partial charge on any atom is 0.258 e. The molecular formula is C18H16ClN3O2. The number of aryl methyl sites for hydroxylation is 1. The van der Waals surface area contributed by atoms with Crippen LogP contribution in [0.5, 0.6) is 0 Å². The Morgan fingerprint density at radius 1 is 1.04 bits per heavy atom. The summed E-state index contributed by atoms with van der Waals surface area (Å²) in [5, 5.41) is 6.89. The molecule has 3 N–H and O–H groups in total. The zero-order valence-electron chi connectivity index (χ0n) is 13.2. The van der Waals surface area contributed by atoms with Crippen LogP contribution in [0.2, 0.25) is 5.02 Å². The van der Waals surface area contributed by atoms with Gasteiger partial charge in [-0.15, -0.1) is 0 Å². The average molecular weight is 342 g/mol. The number of amides is 2. The summed E-state index contributed by atoms with van der Waals surface area (Å²) in [7, 11) is 0. The maximum absolute atomic E-state index is 12.7. The number of aromatic nitrogens is 1. The van der Waals surface area contributed by atoms with Gasteiger partial charge in [-0.2, -0.15) is 0 Å². The molecule has 0 unspecified atom stereocenters. The minimum absolute atomic E-state index is 0.166. The number of anilines is 2. The first-order valence-electron chi connectivity index (χ1n) is 7.41. The molecule has 1 heterocycles. The number of hydrogen-bond donors (Lipinski definition) is 3. The SMILES string of the molecule is CC(=O)Nc1cccc(NC(=O)c2c(C)[nH]c3c(Cl)cccc23)c1. The minimum Gasteiger partial charge on any atom is -0.357 e. The first kappa shape index (κ1) is 16.1. The summed E-state index contributed by atoms with van der Waals surface area (Å²) in [4.78, 5) is 27.0. The molecule has 0 bridgehead atoms. The molecule has 3 aromatic rings. The lowest BCUT2D eigenvalue weighted by atomic mass is 10.1. The third kappa shape index (κ3) is 3.12. The third-order valence-electron chi connectivity index (χ3n) is 3.64. The lowest BCUT2D eigenvalue weighted by molar-refractivity contribution is -0.114. The van der Waals surface area contributed by atoms with Crippen LogP contribution in [-0.2, 0) is 4.79 Å². The molecule has 0 atom stereocenters. The van der Waals surface area contributed by atoms with E-state index in [1.165, 1.54) is 6.92 Å². The van der Waals surface area contributed by atoms with E-state index in [0.29, 0.717) is 22.0 Å². The fraction of sp³-hybridized carbons (Fsp3) is 0.111. The van der Waals surface area contributed by atoms with Gasteiger partial charge in [-0.3, -0.25) is 9.59 Å². The predicted octanol–water partition coefficient (Wildman–Crippen LogP) is 4.34. The molecule has 2 aromatic carbocycles. The van der Waals surface area contributed by atoms with Crippen molar-refractivity contribution in [1.29, 1.82) is 0 Å². The summed E-state index contributed by atoms with van der Waals surface area (Å²) in [6, 6.07) is 12.4. The van der Waals surface area contributed by atoms with Gasteiger partial charge in [0, 0.05) is 29.4 Å². The maximum atomic E-state index is 12.7. The van der Waals surface area contributed by atoms with Crippen molar-refractivity contribution in [3.63, 3.8) is 0 Å². The van der Waals surface area contributed by atoms with E-state index in [9.17, 15) is 9.59 Å². The Labute approximate surface area is 144 Å². The van der Waals surface area contributed by atoms with Crippen molar-refractivity contribution in [2.24, 2.45) is 0 Å². The van der Waals surface area contributed by atoms with E-state index in [-0.39, 0.29) is 11.8 Å². The van der Waals surface area contributed by atoms with Crippen LogP contribution in [0.25, 0.3) is 10.9 Å². The molecule has 0 aliphatic carbocycles. The first-order chi connectivity index (χ1) is 11.5. The highest BCUT2D eigenvalue weighted by Crippen LogP contribution is 2.28. The Bertz CT molecular complexity index is 947. The van der Waals surface area contributed by atoms with Crippen molar-refractivity contribution < 1.29 is 9.59 Å². The number of nitrogens with one attached hydrogen (secondary N) is 3. The molecule has 3 rings (SSSR count). The molecule has 1 aromatic heterocycles.